The van der Waals surface area contributed by atoms with Gasteiger partial charge in [0.05, 0.1) is 12.8 Å². The second kappa shape index (κ2) is 5.61. The maximum absolute atomic E-state index is 11.3. The molecule has 18 heavy (non-hydrogen) atoms. The maximum atomic E-state index is 11.3. The molecule has 3 nitrogen and oxygen atoms in total. The molecule has 0 radical (unpaired) electrons. The average molecular weight is 268 g/mol. The van der Waals surface area contributed by atoms with Gasteiger partial charge < -0.3 is 9.64 Å². The lowest BCUT2D eigenvalue weighted by molar-refractivity contribution is -0.120. The SMILES string of the molecule is COc1ccc(Cl)cc1N(C)C1CCC(=O)CC1. The highest BCUT2D eigenvalue weighted by Gasteiger charge is 2.24. The lowest BCUT2D eigenvalue weighted by atomic mass is 9.93. The summed E-state index contributed by atoms with van der Waals surface area (Å²) < 4.78 is 5.37. The zero-order chi connectivity index (χ0) is 13.1. The second-order valence-corrected chi connectivity index (χ2v) is 5.13. The van der Waals surface area contributed by atoms with E-state index in [0.29, 0.717) is 29.7 Å². The summed E-state index contributed by atoms with van der Waals surface area (Å²) >= 11 is 6.04. The van der Waals surface area contributed by atoms with Crippen LogP contribution in [-0.4, -0.2) is 26.0 Å². The number of hydrogen-bond donors (Lipinski definition) is 0. The first-order chi connectivity index (χ1) is 8.61. The number of ketones is 1. The largest absolute Gasteiger partial charge is 0.495 e. The summed E-state index contributed by atoms with van der Waals surface area (Å²) in [5, 5.41) is 0.699. The summed E-state index contributed by atoms with van der Waals surface area (Å²) in [6.45, 7) is 0. The number of Topliss-reactive ketones (excluding diaryl/α,β-unsaturated/α-hetero) is 1. The monoisotopic (exact) mass is 267 g/mol. The predicted octanol–water partition coefficient (Wildman–Crippen LogP) is 3.30. The molecule has 0 unspecified atom stereocenters. The van der Waals surface area contributed by atoms with Crippen molar-refractivity contribution in [3.05, 3.63) is 23.2 Å². The van der Waals surface area contributed by atoms with Crippen LogP contribution in [0.4, 0.5) is 5.69 Å². The van der Waals surface area contributed by atoms with Crippen molar-refractivity contribution in [1.82, 2.24) is 0 Å². The van der Waals surface area contributed by atoms with Crippen molar-refractivity contribution in [1.29, 1.82) is 0 Å². The van der Waals surface area contributed by atoms with Gasteiger partial charge in [0.2, 0.25) is 0 Å². The van der Waals surface area contributed by atoms with Crippen molar-refractivity contribution < 1.29 is 9.53 Å². The standard InChI is InChI=1S/C14H18ClNO2/c1-16(11-4-6-12(17)7-5-11)13-9-10(15)3-8-14(13)18-2/h3,8-9,11H,4-7H2,1-2H3. The van der Waals surface area contributed by atoms with E-state index in [-0.39, 0.29) is 0 Å². The second-order valence-electron chi connectivity index (χ2n) is 4.70. The molecule has 0 bridgehead atoms. The van der Waals surface area contributed by atoms with Crippen molar-refractivity contribution >= 4 is 23.1 Å². The molecule has 0 spiro atoms. The highest BCUT2D eigenvalue weighted by Crippen LogP contribution is 2.34. The highest BCUT2D eigenvalue weighted by molar-refractivity contribution is 6.30. The quantitative estimate of drug-likeness (QED) is 0.842. The molecule has 1 aromatic rings. The molecule has 0 heterocycles. The van der Waals surface area contributed by atoms with Gasteiger partial charge in [-0.15, -0.1) is 0 Å². The number of anilines is 1. The topological polar surface area (TPSA) is 29.5 Å². The molecular weight excluding hydrogens is 250 g/mol. The zero-order valence-corrected chi connectivity index (χ0v) is 11.5. The lowest BCUT2D eigenvalue weighted by Crippen LogP contribution is -2.35. The van der Waals surface area contributed by atoms with Crippen molar-refractivity contribution in [3.8, 4) is 5.75 Å². The van der Waals surface area contributed by atoms with Crippen molar-refractivity contribution in [2.75, 3.05) is 19.1 Å². The van der Waals surface area contributed by atoms with Crippen LogP contribution < -0.4 is 9.64 Å². The molecule has 1 fully saturated rings. The van der Waals surface area contributed by atoms with Crippen LogP contribution in [-0.2, 0) is 4.79 Å². The Morgan fingerprint density at radius 2 is 2.00 bits per heavy atom. The first-order valence-corrected chi connectivity index (χ1v) is 6.57. The predicted molar refractivity (Wildman–Crippen MR) is 73.7 cm³/mol. The molecule has 0 amide bonds. The fourth-order valence-corrected chi connectivity index (χ4v) is 2.61. The Labute approximate surface area is 113 Å². The number of methoxy groups -OCH3 is 1. The van der Waals surface area contributed by atoms with Crippen LogP contribution in [0.25, 0.3) is 0 Å². The van der Waals surface area contributed by atoms with Crippen LogP contribution in [0.5, 0.6) is 5.75 Å². The molecule has 0 N–H and O–H groups in total. The Balaban J connectivity index is 2.19. The third-order valence-electron chi connectivity index (χ3n) is 3.58. The first kappa shape index (κ1) is 13.2. The molecule has 0 aliphatic heterocycles. The third kappa shape index (κ3) is 2.78. The molecule has 1 aliphatic rings. The number of hydrogen-bond acceptors (Lipinski definition) is 3. The van der Waals surface area contributed by atoms with E-state index in [1.54, 1.807) is 7.11 Å². The molecule has 0 atom stereocenters. The Morgan fingerprint density at radius 1 is 1.33 bits per heavy atom. The zero-order valence-electron chi connectivity index (χ0n) is 10.8. The number of halogens is 1. The fraction of sp³-hybridized carbons (Fsp3) is 0.500. The van der Waals surface area contributed by atoms with Gasteiger partial charge in [0.25, 0.3) is 0 Å². The van der Waals surface area contributed by atoms with E-state index in [4.69, 9.17) is 16.3 Å². The number of carbonyl (C=O) groups is 1. The van der Waals surface area contributed by atoms with E-state index in [9.17, 15) is 4.79 Å². The normalized spacial score (nSPS) is 16.7. The van der Waals surface area contributed by atoms with Crippen molar-refractivity contribution in [2.45, 2.75) is 31.7 Å². The minimum absolute atomic E-state index is 0.373. The molecule has 1 aromatic carbocycles. The first-order valence-electron chi connectivity index (χ1n) is 6.20. The van der Waals surface area contributed by atoms with Gasteiger partial charge in [0, 0.05) is 31.0 Å². The number of rotatable bonds is 3. The molecule has 2 rings (SSSR count). The van der Waals surface area contributed by atoms with Gasteiger partial charge in [0.15, 0.2) is 0 Å². The van der Waals surface area contributed by atoms with E-state index < -0.39 is 0 Å². The molecule has 1 saturated carbocycles. The minimum Gasteiger partial charge on any atom is -0.495 e. The van der Waals surface area contributed by atoms with E-state index in [1.807, 2.05) is 25.2 Å². The molecular formula is C14H18ClNO2. The summed E-state index contributed by atoms with van der Waals surface area (Å²) in [5.74, 6) is 1.19. The van der Waals surface area contributed by atoms with Crippen LogP contribution >= 0.6 is 11.6 Å². The summed E-state index contributed by atoms with van der Waals surface area (Å²) in [6.07, 6.45) is 3.17. The van der Waals surface area contributed by atoms with Crippen LogP contribution in [0.2, 0.25) is 5.02 Å². The Bertz CT molecular complexity index is 437. The van der Waals surface area contributed by atoms with Gasteiger partial charge in [0.1, 0.15) is 11.5 Å². The average Bonchev–Trinajstić information content (AvgIpc) is 2.39. The molecule has 0 aromatic heterocycles. The summed E-state index contributed by atoms with van der Waals surface area (Å²) in [4.78, 5) is 13.5. The lowest BCUT2D eigenvalue weighted by Gasteiger charge is -2.33. The van der Waals surface area contributed by atoms with Crippen molar-refractivity contribution in [2.24, 2.45) is 0 Å². The van der Waals surface area contributed by atoms with Crippen LogP contribution in [0.3, 0.4) is 0 Å². The summed E-state index contributed by atoms with van der Waals surface area (Å²) in [6, 6.07) is 6.00. The smallest absolute Gasteiger partial charge is 0.142 e. The highest BCUT2D eigenvalue weighted by atomic mass is 35.5. The number of carbonyl (C=O) groups excluding carboxylic acids is 1. The van der Waals surface area contributed by atoms with Gasteiger partial charge in [-0.25, -0.2) is 0 Å². The van der Waals surface area contributed by atoms with Gasteiger partial charge in [-0.2, -0.15) is 0 Å². The number of nitrogens with zero attached hydrogens (tertiary/aromatic N) is 1. The fourth-order valence-electron chi connectivity index (χ4n) is 2.45. The van der Waals surface area contributed by atoms with E-state index in [1.165, 1.54) is 0 Å². The van der Waals surface area contributed by atoms with E-state index in [2.05, 4.69) is 4.90 Å². The van der Waals surface area contributed by atoms with Crippen molar-refractivity contribution in [3.63, 3.8) is 0 Å². The van der Waals surface area contributed by atoms with Crippen LogP contribution in [0, 0.1) is 0 Å². The molecule has 4 heteroatoms. The molecule has 1 aliphatic carbocycles. The van der Waals surface area contributed by atoms with E-state index in [0.717, 1.165) is 24.3 Å². The third-order valence-corrected chi connectivity index (χ3v) is 3.82. The summed E-state index contributed by atoms with van der Waals surface area (Å²) in [7, 11) is 3.69. The number of benzene rings is 1. The van der Waals surface area contributed by atoms with Gasteiger partial charge >= 0.3 is 0 Å². The Hall–Kier alpha value is -1.22. The van der Waals surface area contributed by atoms with Crippen LogP contribution in [0.15, 0.2) is 18.2 Å². The van der Waals surface area contributed by atoms with Gasteiger partial charge in [-0.3, -0.25) is 4.79 Å². The van der Waals surface area contributed by atoms with Gasteiger partial charge in [-0.05, 0) is 31.0 Å². The number of ether oxygens (including phenoxy) is 1. The van der Waals surface area contributed by atoms with Crippen LogP contribution in [0.1, 0.15) is 25.7 Å². The van der Waals surface area contributed by atoms with Gasteiger partial charge in [-0.1, -0.05) is 11.6 Å². The maximum Gasteiger partial charge on any atom is 0.142 e. The minimum atomic E-state index is 0.373. The molecule has 0 saturated heterocycles. The summed E-state index contributed by atoms with van der Waals surface area (Å²) in [5.41, 5.74) is 0.990. The Morgan fingerprint density at radius 3 is 2.61 bits per heavy atom. The van der Waals surface area contributed by atoms with E-state index >= 15 is 0 Å². The Kier molecular flexibility index (Phi) is 4.12. The molecule has 98 valence electrons.